The standard InChI is InChI=1S/C12H19N3OS2/c1-3-7-4-5-15(6-7)12-10(17-2)8(13)9(18-12)11(14)16/h7H,3-6,13H2,1-2H3,(H2,14,16). The summed E-state index contributed by atoms with van der Waals surface area (Å²) in [6.45, 7) is 4.33. The Labute approximate surface area is 116 Å². The van der Waals surface area contributed by atoms with Crippen LogP contribution < -0.4 is 16.4 Å². The zero-order valence-electron chi connectivity index (χ0n) is 10.7. The molecule has 1 aliphatic rings. The van der Waals surface area contributed by atoms with Crippen LogP contribution in [-0.4, -0.2) is 25.3 Å². The van der Waals surface area contributed by atoms with E-state index in [2.05, 4.69) is 11.8 Å². The number of primary amides is 1. The van der Waals surface area contributed by atoms with Crippen LogP contribution in [0.25, 0.3) is 0 Å². The Balaban J connectivity index is 2.33. The third kappa shape index (κ3) is 2.31. The molecule has 100 valence electrons. The Bertz CT molecular complexity index is 458. The van der Waals surface area contributed by atoms with E-state index < -0.39 is 5.91 Å². The van der Waals surface area contributed by atoms with Gasteiger partial charge in [0.2, 0.25) is 0 Å². The largest absolute Gasteiger partial charge is 0.396 e. The van der Waals surface area contributed by atoms with E-state index in [1.54, 1.807) is 11.8 Å². The molecule has 0 saturated carbocycles. The van der Waals surface area contributed by atoms with Gasteiger partial charge in [-0.25, -0.2) is 0 Å². The van der Waals surface area contributed by atoms with Gasteiger partial charge in [0.1, 0.15) is 9.88 Å². The number of carbonyl (C=O) groups excluding carboxylic acids is 1. The van der Waals surface area contributed by atoms with Crippen LogP contribution in [0, 0.1) is 5.92 Å². The first-order valence-electron chi connectivity index (χ1n) is 6.09. The zero-order valence-corrected chi connectivity index (χ0v) is 12.4. The van der Waals surface area contributed by atoms with E-state index in [0.717, 1.165) is 28.9 Å². The van der Waals surface area contributed by atoms with Crippen molar-refractivity contribution in [3.05, 3.63) is 4.88 Å². The minimum atomic E-state index is -0.426. The lowest BCUT2D eigenvalue weighted by Crippen LogP contribution is -2.18. The number of amides is 1. The van der Waals surface area contributed by atoms with Gasteiger partial charge in [0.25, 0.3) is 5.91 Å². The van der Waals surface area contributed by atoms with E-state index in [4.69, 9.17) is 11.5 Å². The number of thiophene rings is 1. The van der Waals surface area contributed by atoms with E-state index in [0.29, 0.717) is 10.6 Å². The first kappa shape index (κ1) is 13.5. The number of nitrogens with two attached hydrogens (primary N) is 2. The molecular weight excluding hydrogens is 266 g/mol. The molecule has 1 saturated heterocycles. The summed E-state index contributed by atoms with van der Waals surface area (Å²) in [5.41, 5.74) is 11.9. The second-order valence-electron chi connectivity index (χ2n) is 4.56. The van der Waals surface area contributed by atoms with Crippen LogP contribution in [-0.2, 0) is 0 Å². The molecule has 1 atom stereocenters. The fourth-order valence-electron chi connectivity index (χ4n) is 2.36. The smallest absolute Gasteiger partial charge is 0.261 e. The van der Waals surface area contributed by atoms with Gasteiger partial charge in [-0.05, 0) is 18.6 Å². The summed E-state index contributed by atoms with van der Waals surface area (Å²) in [5.74, 6) is 0.324. The second kappa shape index (κ2) is 5.40. The maximum absolute atomic E-state index is 11.4. The molecule has 1 aromatic heterocycles. The summed E-state index contributed by atoms with van der Waals surface area (Å²) in [7, 11) is 0. The van der Waals surface area contributed by atoms with Crippen LogP contribution >= 0.6 is 23.1 Å². The number of anilines is 2. The van der Waals surface area contributed by atoms with E-state index in [-0.39, 0.29) is 0 Å². The average molecular weight is 285 g/mol. The lowest BCUT2D eigenvalue weighted by molar-refractivity contribution is 0.100. The summed E-state index contributed by atoms with van der Waals surface area (Å²) in [6, 6.07) is 0. The third-order valence-corrected chi connectivity index (χ3v) is 5.69. The van der Waals surface area contributed by atoms with Gasteiger partial charge in [0.05, 0.1) is 10.6 Å². The Hall–Kier alpha value is -0.880. The lowest BCUT2D eigenvalue weighted by Gasteiger charge is -2.17. The molecule has 1 unspecified atom stereocenters. The molecule has 6 heteroatoms. The highest BCUT2D eigenvalue weighted by atomic mass is 32.2. The minimum Gasteiger partial charge on any atom is -0.396 e. The number of nitrogens with zero attached hydrogens (tertiary/aromatic N) is 1. The lowest BCUT2D eigenvalue weighted by atomic mass is 10.1. The Morgan fingerprint density at radius 3 is 2.83 bits per heavy atom. The van der Waals surface area contributed by atoms with Crippen molar-refractivity contribution in [1.29, 1.82) is 0 Å². The minimum absolute atomic E-state index is 0.426. The van der Waals surface area contributed by atoms with Crippen molar-refractivity contribution in [1.82, 2.24) is 0 Å². The Morgan fingerprint density at radius 2 is 2.33 bits per heavy atom. The van der Waals surface area contributed by atoms with Gasteiger partial charge in [-0.3, -0.25) is 4.79 Å². The summed E-state index contributed by atoms with van der Waals surface area (Å²) in [6.07, 6.45) is 4.41. The van der Waals surface area contributed by atoms with Crippen LogP contribution in [0.15, 0.2) is 4.90 Å². The molecule has 4 nitrogen and oxygen atoms in total. The molecule has 1 fully saturated rings. The molecule has 0 aromatic carbocycles. The number of hydrogen-bond donors (Lipinski definition) is 2. The topological polar surface area (TPSA) is 72.3 Å². The van der Waals surface area contributed by atoms with Crippen molar-refractivity contribution in [3.8, 4) is 0 Å². The van der Waals surface area contributed by atoms with Crippen LogP contribution in [0.1, 0.15) is 29.4 Å². The van der Waals surface area contributed by atoms with Crippen molar-refractivity contribution in [3.63, 3.8) is 0 Å². The summed E-state index contributed by atoms with van der Waals surface area (Å²) < 4.78 is 0. The number of nitrogen functional groups attached to an aromatic ring is 1. The molecule has 0 radical (unpaired) electrons. The molecule has 2 rings (SSSR count). The van der Waals surface area contributed by atoms with Gasteiger partial charge >= 0.3 is 0 Å². The summed E-state index contributed by atoms with van der Waals surface area (Å²) >= 11 is 3.03. The Kier molecular flexibility index (Phi) is 4.07. The van der Waals surface area contributed by atoms with E-state index >= 15 is 0 Å². The normalized spacial score (nSPS) is 19.4. The molecular formula is C12H19N3OS2. The first-order valence-corrected chi connectivity index (χ1v) is 8.13. The van der Waals surface area contributed by atoms with E-state index in [9.17, 15) is 4.79 Å². The van der Waals surface area contributed by atoms with Gasteiger partial charge in [-0.15, -0.1) is 23.1 Å². The fourth-order valence-corrected chi connectivity index (χ4v) is 4.42. The maximum atomic E-state index is 11.4. The monoisotopic (exact) mass is 285 g/mol. The quantitative estimate of drug-likeness (QED) is 0.833. The first-order chi connectivity index (χ1) is 8.58. The second-order valence-corrected chi connectivity index (χ2v) is 6.37. The highest BCUT2D eigenvalue weighted by Crippen LogP contribution is 2.45. The third-order valence-electron chi connectivity index (χ3n) is 3.46. The number of rotatable bonds is 4. The van der Waals surface area contributed by atoms with Gasteiger partial charge in [-0.2, -0.15) is 0 Å². The van der Waals surface area contributed by atoms with Gasteiger partial charge < -0.3 is 16.4 Å². The van der Waals surface area contributed by atoms with Gasteiger partial charge in [0, 0.05) is 13.1 Å². The van der Waals surface area contributed by atoms with E-state index in [1.165, 1.54) is 24.2 Å². The fraction of sp³-hybridized carbons (Fsp3) is 0.583. The number of carbonyl (C=O) groups is 1. The predicted octanol–water partition coefficient (Wildman–Crippen LogP) is 2.39. The van der Waals surface area contributed by atoms with Gasteiger partial charge in [-0.1, -0.05) is 13.3 Å². The zero-order chi connectivity index (χ0) is 13.3. The van der Waals surface area contributed by atoms with Crippen LogP contribution in [0.4, 0.5) is 10.7 Å². The van der Waals surface area contributed by atoms with Crippen molar-refractivity contribution < 1.29 is 4.79 Å². The van der Waals surface area contributed by atoms with Crippen molar-refractivity contribution in [2.75, 3.05) is 30.0 Å². The SMILES string of the molecule is CCC1CCN(c2sc(C(N)=O)c(N)c2SC)C1. The molecule has 18 heavy (non-hydrogen) atoms. The molecule has 1 amide bonds. The number of hydrogen-bond acceptors (Lipinski definition) is 5. The molecule has 1 aliphatic heterocycles. The molecule has 2 heterocycles. The maximum Gasteiger partial charge on any atom is 0.261 e. The molecule has 0 aliphatic carbocycles. The average Bonchev–Trinajstić information content (AvgIpc) is 2.92. The van der Waals surface area contributed by atoms with Crippen molar-refractivity contribution in [2.45, 2.75) is 24.7 Å². The molecule has 4 N–H and O–H groups in total. The van der Waals surface area contributed by atoms with Crippen molar-refractivity contribution in [2.24, 2.45) is 11.7 Å². The summed E-state index contributed by atoms with van der Waals surface area (Å²) in [5, 5.41) is 1.12. The van der Waals surface area contributed by atoms with Crippen LogP contribution in [0.3, 0.4) is 0 Å². The van der Waals surface area contributed by atoms with E-state index in [1.807, 2.05) is 6.26 Å². The predicted molar refractivity (Wildman–Crippen MR) is 79.6 cm³/mol. The molecule has 0 bridgehead atoms. The summed E-state index contributed by atoms with van der Waals surface area (Å²) in [4.78, 5) is 15.2. The Morgan fingerprint density at radius 1 is 1.61 bits per heavy atom. The van der Waals surface area contributed by atoms with Crippen LogP contribution in [0.2, 0.25) is 0 Å². The molecule has 0 spiro atoms. The highest BCUT2D eigenvalue weighted by molar-refractivity contribution is 7.99. The van der Waals surface area contributed by atoms with Gasteiger partial charge in [0.15, 0.2) is 0 Å². The highest BCUT2D eigenvalue weighted by Gasteiger charge is 2.27. The number of thioether (sulfide) groups is 1. The van der Waals surface area contributed by atoms with Crippen molar-refractivity contribution >= 4 is 39.7 Å². The van der Waals surface area contributed by atoms with Crippen LogP contribution in [0.5, 0.6) is 0 Å². The molecule has 1 aromatic rings.